The molecule has 2 nitrogen and oxygen atoms in total. The Bertz CT molecular complexity index is 616. The molecule has 2 aromatic carbocycles. The predicted molar refractivity (Wildman–Crippen MR) is 94.2 cm³/mol. The zero-order chi connectivity index (χ0) is 15.9. The van der Waals surface area contributed by atoms with Gasteiger partial charge >= 0.3 is 0 Å². The second-order valence-corrected chi connectivity index (χ2v) is 6.12. The lowest BCUT2D eigenvalue weighted by atomic mass is 9.92. The number of ether oxygens (including phenoxy) is 1. The molecule has 22 heavy (non-hydrogen) atoms. The van der Waals surface area contributed by atoms with E-state index < -0.39 is 0 Å². The largest absolute Gasteiger partial charge is 0.494 e. The lowest BCUT2D eigenvalue weighted by Crippen LogP contribution is -2.15. The van der Waals surface area contributed by atoms with Crippen molar-refractivity contribution in [1.29, 1.82) is 0 Å². The first kappa shape index (κ1) is 17.1. The SMILES string of the molecule is CCCOc1cccc(CC(CN)c2ccc(Cl)c(Cl)c2)c1. The van der Waals surface area contributed by atoms with Crippen molar-refractivity contribution in [2.24, 2.45) is 5.73 Å². The summed E-state index contributed by atoms with van der Waals surface area (Å²) in [6.45, 7) is 3.38. The maximum Gasteiger partial charge on any atom is 0.119 e. The number of benzene rings is 2. The van der Waals surface area contributed by atoms with Gasteiger partial charge in [0, 0.05) is 5.92 Å². The van der Waals surface area contributed by atoms with Crippen LogP contribution >= 0.6 is 23.2 Å². The van der Waals surface area contributed by atoms with Crippen molar-refractivity contribution >= 4 is 23.2 Å². The fraction of sp³-hybridized carbons (Fsp3) is 0.333. The molecule has 0 bridgehead atoms. The zero-order valence-corrected chi connectivity index (χ0v) is 14.2. The molecule has 0 amide bonds. The summed E-state index contributed by atoms with van der Waals surface area (Å²) in [6, 6.07) is 13.9. The summed E-state index contributed by atoms with van der Waals surface area (Å²) < 4.78 is 5.68. The molecule has 0 saturated carbocycles. The fourth-order valence-corrected chi connectivity index (χ4v) is 2.68. The van der Waals surface area contributed by atoms with Crippen LogP contribution in [0.4, 0.5) is 0 Å². The molecule has 1 atom stereocenters. The Morgan fingerprint density at radius 2 is 1.91 bits per heavy atom. The number of hydrogen-bond acceptors (Lipinski definition) is 2. The minimum absolute atomic E-state index is 0.205. The molecular formula is C18H21Cl2NO. The Morgan fingerprint density at radius 1 is 1.09 bits per heavy atom. The van der Waals surface area contributed by atoms with Crippen molar-refractivity contribution in [2.45, 2.75) is 25.7 Å². The molecule has 0 spiro atoms. The summed E-state index contributed by atoms with van der Waals surface area (Å²) in [7, 11) is 0. The minimum atomic E-state index is 0.205. The van der Waals surface area contributed by atoms with Gasteiger partial charge in [0.1, 0.15) is 5.75 Å². The van der Waals surface area contributed by atoms with Gasteiger partial charge in [-0.1, -0.05) is 48.3 Å². The summed E-state index contributed by atoms with van der Waals surface area (Å²) in [5.41, 5.74) is 8.26. The molecule has 0 radical (unpaired) electrons. The van der Waals surface area contributed by atoms with E-state index in [4.69, 9.17) is 33.7 Å². The molecule has 0 aliphatic heterocycles. The monoisotopic (exact) mass is 337 g/mol. The van der Waals surface area contributed by atoms with Crippen LogP contribution in [0, 0.1) is 0 Å². The molecule has 1 unspecified atom stereocenters. The van der Waals surface area contributed by atoms with Crippen molar-refractivity contribution in [2.75, 3.05) is 13.2 Å². The lowest BCUT2D eigenvalue weighted by molar-refractivity contribution is 0.317. The van der Waals surface area contributed by atoms with Gasteiger partial charge in [-0.3, -0.25) is 0 Å². The molecule has 2 aromatic rings. The van der Waals surface area contributed by atoms with Crippen LogP contribution in [0.25, 0.3) is 0 Å². The normalized spacial score (nSPS) is 12.2. The summed E-state index contributed by atoms with van der Waals surface area (Å²) in [4.78, 5) is 0. The molecule has 4 heteroatoms. The van der Waals surface area contributed by atoms with Crippen molar-refractivity contribution in [1.82, 2.24) is 0 Å². The van der Waals surface area contributed by atoms with Crippen molar-refractivity contribution in [3.63, 3.8) is 0 Å². The van der Waals surface area contributed by atoms with Gasteiger partial charge in [-0.05, 0) is 54.8 Å². The summed E-state index contributed by atoms with van der Waals surface area (Å²) in [6.07, 6.45) is 1.84. The average molecular weight is 338 g/mol. The Labute approximate surface area is 142 Å². The maximum atomic E-state index is 6.11. The van der Waals surface area contributed by atoms with Crippen LogP contribution < -0.4 is 10.5 Å². The van der Waals surface area contributed by atoms with E-state index in [0.717, 1.165) is 30.8 Å². The quantitative estimate of drug-likeness (QED) is 0.765. The molecule has 0 heterocycles. The van der Waals surface area contributed by atoms with Crippen molar-refractivity contribution < 1.29 is 4.74 Å². The minimum Gasteiger partial charge on any atom is -0.494 e. The first-order valence-electron chi connectivity index (χ1n) is 7.50. The summed E-state index contributed by atoms with van der Waals surface area (Å²) in [5.74, 6) is 1.11. The highest BCUT2D eigenvalue weighted by atomic mass is 35.5. The standard InChI is InChI=1S/C18H21Cl2NO/c1-2-8-22-16-5-3-4-13(10-16)9-15(12-21)14-6-7-17(19)18(20)11-14/h3-7,10-11,15H,2,8-9,12,21H2,1H3. The predicted octanol–water partition coefficient (Wildman–Crippen LogP) is 5.07. The van der Waals surface area contributed by atoms with E-state index in [1.165, 1.54) is 5.56 Å². The van der Waals surface area contributed by atoms with Crippen LogP contribution in [0.5, 0.6) is 5.75 Å². The van der Waals surface area contributed by atoms with Gasteiger partial charge in [-0.15, -0.1) is 0 Å². The van der Waals surface area contributed by atoms with Crippen LogP contribution in [-0.2, 0) is 6.42 Å². The smallest absolute Gasteiger partial charge is 0.119 e. The Morgan fingerprint density at radius 3 is 2.59 bits per heavy atom. The van der Waals surface area contributed by atoms with E-state index in [1.54, 1.807) is 0 Å². The second-order valence-electron chi connectivity index (χ2n) is 5.31. The summed E-state index contributed by atoms with van der Waals surface area (Å²) >= 11 is 12.1. The van der Waals surface area contributed by atoms with Crippen molar-refractivity contribution in [3.05, 3.63) is 63.6 Å². The Kier molecular flexibility index (Phi) is 6.56. The first-order valence-corrected chi connectivity index (χ1v) is 8.26. The molecule has 0 saturated heterocycles. The highest BCUT2D eigenvalue weighted by molar-refractivity contribution is 6.42. The van der Waals surface area contributed by atoms with Crippen LogP contribution in [0.3, 0.4) is 0 Å². The van der Waals surface area contributed by atoms with Gasteiger partial charge in [-0.25, -0.2) is 0 Å². The highest BCUT2D eigenvalue weighted by Crippen LogP contribution is 2.28. The van der Waals surface area contributed by atoms with E-state index in [1.807, 2.05) is 30.3 Å². The third kappa shape index (κ3) is 4.64. The molecular weight excluding hydrogens is 317 g/mol. The van der Waals surface area contributed by atoms with Gasteiger partial charge in [0.15, 0.2) is 0 Å². The fourth-order valence-electron chi connectivity index (χ4n) is 2.37. The molecule has 0 aliphatic rings. The number of halogens is 2. The summed E-state index contributed by atoms with van der Waals surface area (Å²) in [5, 5.41) is 1.13. The second kappa shape index (κ2) is 8.42. The van der Waals surface area contributed by atoms with Crippen molar-refractivity contribution in [3.8, 4) is 5.75 Å². The van der Waals surface area contributed by atoms with Crippen LogP contribution in [0.2, 0.25) is 10.0 Å². The van der Waals surface area contributed by atoms with Gasteiger partial charge in [0.25, 0.3) is 0 Å². The average Bonchev–Trinajstić information content (AvgIpc) is 2.54. The van der Waals surface area contributed by atoms with E-state index >= 15 is 0 Å². The Hall–Kier alpha value is -1.22. The van der Waals surface area contributed by atoms with Gasteiger partial charge < -0.3 is 10.5 Å². The molecule has 0 fully saturated rings. The van der Waals surface area contributed by atoms with Crippen LogP contribution in [-0.4, -0.2) is 13.2 Å². The molecule has 0 aliphatic carbocycles. The van der Waals surface area contributed by atoms with Gasteiger partial charge in [0.2, 0.25) is 0 Å². The highest BCUT2D eigenvalue weighted by Gasteiger charge is 2.13. The molecule has 0 aromatic heterocycles. The van der Waals surface area contributed by atoms with E-state index in [2.05, 4.69) is 19.1 Å². The van der Waals surface area contributed by atoms with Gasteiger partial charge in [-0.2, -0.15) is 0 Å². The lowest BCUT2D eigenvalue weighted by Gasteiger charge is -2.17. The third-order valence-electron chi connectivity index (χ3n) is 3.55. The van der Waals surface area contributed by atoms with Gasteiger partial charge in [0.05, 0.1) is 16.7 Å². The van der Waals surface area contributed by atoms with Crippen LogP contribution in [0.15, 0.2) is 42.5 Å². The number of hydrogen-bond donors (Lipinski definition) is 1. The van der Waals surface area contributed by atoms with E-state index in [0.29, 0.717) is 16.6 Å². The first-order chi connectivity index (χ1) is 10.6. The van der Waals surface area contributed by atoms with E-state index in [9.17, 15) is 0 Å². The topological polar surface area (TPSA) is 35.2 Å². The molecule has 2 N–H and O–H groups in total. The Balaban J connectivity index is 2.14. The zero-order valence-electron chi connectivity index (χ0n) is 12.7. The molecule has 2 rings (SSSR count). The molecule has 118 valence electrons. The maximum absolute atomic E-state index is 6.11. The number of rotatable bonds is 7. The van der Waals surface area contributed by atoms with E-state index in [-0.39, 0.29) is 5.92 Å². The van der Waals surface area contributed by atoms with Crippen LogP contribution in [0.1, 0.15) is 30.4 Å². The third-order valence-corrected chi connectivity index (χ3v) is 4.29. The number of nitrogens with two attached hydrogens (primary N) is 1.